The Morgan fingerprint density at radius 3 is 2.18 bits per heavy atom. The molecule has 0 radical (unpaired) electrons. The second kappa shape index (κ2) is 5.65. The third-order valence-electron chi connectivity index (χ3n) is 3.32. The number of hydrogen-bond acceptors (Lipinski definition) is 3. The minimum absolute atomic E-state index is 0.00482. The monoisotopic (exact) mass is 255 g/mol. The molecular formula is C13H21NO2S. The molecule has 0 saturated carbocycles. The number of nitrogens with zero attached hydrogens (tertiary/aromatic N) is 1. The SMILES string of the molecule is CC(C(C)S(C)(=O)=O)N(C)Cc1ccccc1. The fourth-order valence-corrected chi connectivity index (χ4v) is 2.65. The quantitative estimate of drug-likeness (QED) is 0.807. The van der Waals surface area contributed by atoms with E-state index in [1.165, 1.54) is 11.8 Å². The van der Waals surface area contributed by atoms with Gasteiger partial charge in [0.05, 0.1) is 5.25 Å². The Morgan fingerprint density at radius 2 is 1.71 bits per heavy atom. The van der Waals surface area contributed by atoms with E-state index in [4.69, 9.17) is 0 Å². The van der Waals surface area contributed by atoms with Gasteiger partial charge in [0.1, 0.15) is 0 Å². The topological polar surface area (TPSA) is 37.4 Å². The molecule has 0 N–H and O–H groups in total. The van der Waals surface area contributed by atoms with Crippen LogP contribution in [0.4, 0.5) is 0 Å². The highest BCUT2D eigenvalue weighted by Crippen LogP contribution is 2.13. The highest BCUT2D eigenvalue weighted by molar-refractivity contribution is 7.91. The summed E-state index contributed by atoms with van der Waals surface area (Å²) in [6, 6.07) is 10.1. The first kappa shape index (κ1) is 14.2. The van der Waals surface area contributed by atoms with E-state index >= 15 is 0 Å². The van der Waals surface area contributed by atoms with Crippen LogP contribution in [0.2, 0.25) is 0 Å². The Labute approximate surface area is 104 Å². The molecule has 0 aromatic heterocycles. The largest absolute Gasteiger partial charge is 0.298 e. The van der Waals surface area contributed by atoms with E-state index in [9.17, 15) is 8.42 Å². The number of sulfone groups is 1. The molecule has 0 aliphatic carbocycles. The minimum Gasteiger partial charge on any atom is -0.298 e. The van der Waals surface area contributed by atoms with E-state index in [0.29, 0.717) is 0 Å². The Kier molecular flexibility index (Phi) is 4.71. The molecule has 2 atom stereocenters. The van der Waals surface area contributed by atoms with Gasteiger partial charge in [-0.1, -0.05) is 30.3 Å². The van der Waals surface area contributed by atoms with Crippen molar-refractivity contribution in [2.75, 3.05) is 13.3 Å². The van der Waals surface area contributed by atoms with Crippen molar-refractivity contribution in [3.05, 3.63) is 35.9 Å². The Balaban J connectivity index is 2.68. The zero-order valence-electron chi connectivity index (χ0n) is 10.9. The predicted octanol–water partition coefficient (Wildman–Crippen LogP) is 1.94. The molecule has 17 heavy (non-hydrogen) atoms. The van der Waals surface area contributed by atoms with Crippen molar-refractivity contribution < 1.29 is 8.42 Å². The second-order valence-corrected chi connectivity index (χ2v) is 7.08. The fourth-order valence-electron chi connectivity index (χ4n) is 1.73. The molecule has 1 aromatic carbocycles. The summed E-state index contributed by atoms with van der Waals surface area (Å²) in [5.41, 5.74) is 1.20. The van der Waals surface area contributed by atoms with E-state index in [1.54, 1.807) is 6.92 Å². The maximum atomic E-state index is 11.5. The van der Waals surface area contributed by atoms with Gasteiger partial charge >= 0.3 is 0 Å². The molecule has 2 unspecified atom stereocenters. The van der Waals surface area contributed by atoms with Gasteiger partial charge in [-0.3, -0.25) is 4.90 Å². The van der Waals surface area contributed by atoms with E-state index < -0.39 is 9.84 Å². The van der Waals surface area contributed by atoms with Gasteiger partial charge in [0.25, 0.3) is 0 Å². The molecule has 1 rings (SSSR count). The number of benzene rings is 1. The lowest BCUT2D eigenvalue weighted by molar-refractivity contribution is 0.245. The summed E-state index contributed by atoms with van der Waals surface area (Å²) in [5, 5.41) is -0.351. The van der Waals surface area contributed by atoms with Crippen LogP contribution in [-0.2, 0) is 16.4 Å². The van der Waals surface area contributed by atoms with Gasteiger partial charge in [0.15, 0.2) is 9.84 Å². The van der Waals surface area contributed by atoms with Gasteiger partial charge in [0.2, 0.25) is 0 Å². The fraction of sp³-hybridized carbons (Fsp3) is 0.538. The molecule has 0 aliphatic heterocycles. The number of rotatable bonds is 5. The summed E-state index contributed by atoms with van der Waals surface area (Å²) in [5.74, 6) is 0. The Bertz CT molecular complexity index is 442. The van der Waals surface area contributed by atoms with Crippen molar-refractivity contribution in [3.8, 4) is 0 Å². The van der Waals surface area contributed by atoms with Crippen molar-refractivity contribution >= 4 is 9.84 Å². The summed E-state index contributed by atoms with van der Waals surface area (Å²) >= 11 is 0. The van der Waals surface area contributed by atoms with Crippen molar-refractivity contribution in [3.63, 3.8) is 0 Å². The molecule has 4 heteroatoms. The lowest BCUT2D eigenvalue weighted by atomic mass is 10.1. The Morgan fingerprint density at radius 1 is 1.18 bits per heavy atom. The van der Waals surface area contributed by atoms with Crippen molar-refractivity contribution in [2.24, 2.45) is 0 Å². The smallest absolute Gasteiger partial charge is 0.151 e. The molecule has 3 nitrogen and oxygen atoms in total. The van der Waals surface area contributed by atoms with E-state index in [0.717, 1.165) is 6.54 Å². The second-order valence-electron chi connectivity index (χ2n) is 4.68. The average molecular weight is 255 g/mol. The molecule has 0 amide bonds. The van der Waals surface area contributed by atoms with Gasteiger partial charge < -0.3 is 0 Å². The average Bonchev–Trinajstić information content (AvgIpc) is 2.27. The molecule has 96 valence electrons. The third-order valence-corrected chi connectivity index (χ3v) is 5.07. The van der Waals surface area contributed by atoms with Crippen molar-refractivity contribution in [1.82, 2.24) is 4.90 Å². The van der Waals surface area contributed by atoms with Gasteiger partial charge in [0, 0.05) is 18.8 Å². The molecule has 0 spiro atoms. The summed E-state index contributed by atoms with van der Waals surface area (Å²) in [6.07, 6.45) is 1.30. The summed E-state index contributed by atoms with van der Waals surface area (Å²) in [7, 11) is -1.02. The molecule has 1 aromatic rings. The standard InChI is InChI=1S/C13H21NO2S/c1-11(12(2)17(4,15)16)14(3)10-13-8-6-5-7-9-13/h5-9,11-12H,10H2,1-4H3. The molecule has 0 heterocycles. The highest BCUT2D eigenvalue weighted by Gasteiger charge is 2.25. The van der Waals surface area contributed by atoms with Crippen LogP contribution in [0.3, 0.4) is 0 Å². The van der Waals surface area contributed by atoms with Crippen molar-refractivity contribution in [1.29, 1.82) is 0 Å². The summed E-state index contributed by atoms with van der Waals surface area (Å²) in [6.45, 7) is 4.48. The number of hydrogen-bond donors (Lipinski definition) is 0. The minimum atomic E-state index is -2.98. The van der Waals surface area contributed by atoms with E-state index in [-0.39, 0.29) is 11.3 Å². The lowest BCUT2D eigenvalue weighted by Crippen LogP contribution is -2.40. The van der Waals surface area contributed by atoms with Crippen LogP contribution < -0.4 is 0 Å². The van der Waals surface area contributed by atoms with Crippen LogP contribution in [0.5, 0.6) is 0 Å². The van der Waals surface area contributed by atoms with Crippen LogP contribution >= 0.6 is 0 Å². The summed E-state index contributed by atoms with van der Waals surface area (Å²) < 4.78 is 23.0. The van der Waals surface area contributed by atoms with E-state index in [1.807, 2.05) is 44.3 Å². The molecule has 0 saturated heterocycles. The molecule has 0 fully saturated rings. The van der Waals surface area contributed by atoms with Crippen LogP contribution in [-0.4, -0.2) is 37.9 Å². The normalized spacial score (nSPS) is 15.8. The maximum Gasteiger partial charge on any atom is 0.151 e. The zero-order chi connectivity index (χ0) is 13.1. The predicted molar refractivity (Wildman–Crippen MR) is 71.7 cm³/mol. The lowest BCUT2D eigenvalue weighted by Gasteiger charge is -2.28. The first-order valence-corrected chi connectivity index (χ1v) is 7.71. The first-order chi connectivity index (χ1) is 7.82. The van der Waals surface area contributed by atoms with Crippen LogP contribution in [0.25, 0.3) is 0 Å². The summed E-state index contributed by atoms with van der Waals surface area (Å²) in [4.78, 5) is 2.07. The highest BCUT2D eigenvalue weighted by atomic mass is 32.2. The van der Waals surface area contributed by atoms with Gasteiger partial charge in [-0.2, -0.15) is 0 Å². The zero-order valence-corrected chi connectivity index (χ0v) is 11.7. The van der Waals surface area contributed by atoms with E-state index in [2.05, 4.69) is 4.90 Å². The van der Waals surface area contributed by atoms with Gasteiger partial charge in [-0.05, 0) is 26.5 Å². The molecular weight excluding hydrogens is 234 g/mol. The first-order valence-electron chi connectivity index (χ1n) is 5.75. The Hall–Kier alpha value is -0.870. The van der Waals surface area contributed by atoms with Gasteiger partial charge in [-0.25, -0.2) is 8.42 Å². The third kappa shape index (κ3) is 4.13. The van der Waals surface area contributed by atoms with Crippen LogP contribution in [0.15, 0.2) is 30.3 Å². The van der Waals surface area contributed by atoms with Gasteiger partial charge in [-0.15, -0.1) is 0 Å². The van der Waals surface area contributed by atoms with Crippen LogP contribution in [0, 0.1) is 0 Å². The maximum absolute atomic E-state index is 11.5. The molecule has 0 bridgehead atoms. The van der Waals surface area contributed by atoms with Crippen molar-refractivity contribution in [2.45, 2.75) is 31.7 Å². The molecule has 0 aliphatic rings. The van der Waals surface area contributed by atoms with Crippen LogP contribution in [0.1, 0.15) is 19.4 Å².